The second kappa shape index (κ2) is 11.8. The molecule has 35 heavy (non-hydrogen) atoms. The molecule has 1 aliphatic rings. The van der Waals surface area contributed by atoms with E-state index in [4.69, 9.17) is 4.74 Å². The Balaban J connectivity index is 1.48. The van der Waals surface area contributed by atoms with Gasteiger partial charge in [-0.2, -0.15) is 0 Å². The number of rotatable bonds is 12. The topological polar surface area (TPSA) is 75.6 Å². The highest BCUT2D eigenvalue weighted by Gasteiger charge is 2.49. The van der Waals surface area contributed by atoms with Crippen molar-refractivity contribution < 1.29 is 19.4 Å². The lowest BCUT2D eigenvalue weighted by molar-refractivity contribution is -0.139. The largest absolute Gasteiger partial charge is 0.481 e. The third kappa shape index (κ3) is 6.58. The number of aliphatic carboxylic acids is 1. The first-order chi connectivity index (χ1) is 17.1. The standard InChI is InChI=1S/C30H33NO4/c1-2-24(18-27(25-19-26(25)30(33)34)35-20-21-12-6-3-7-13-21)31-29(32)28(22-14-8-4-9-15-22)23-16-10-5-11-17-23/h3-17,24-28H,2,18-20H2,1H3,(H,31,32)(H,33,34)/t24-,25-,26+,27?/m1/s1. The summed E-state index contributed by atoms with van der Waals surface area (Å²) in [5.41, 5.74) is 2.93. The average Bonchev–Trinajstić information content (AvgIpc) is 3.69. The van der Waals surface area contributed by atoms with Gasteiger partial charge in [-0.25, -0.2) is 0 Å². The highest BCUT2D eigenvalue weighted by molar-refractivity contribution is 5.87. The molecule has 1 aliphatic carbocycles. The fraction of sp³-hybridized carbons (Fsp3) is 0.333. The SMILES string of the molecule is CC[C@H](CC(OCc1ccccc1)[C@@H]1C[C@@H]1C(=O)O)NC(=O)C(c1ccccc1)c1ccccc1. The molecule has 1 saturated carbocycles. The zero-order chi connectivity index (χ0) is 24.6. The minimum atomic E-state index is -0.770. The van der Waals surface area contributed by atoms with E-state index < -0.39 is 11.9 Å². The van der Waals surface area contributed by atoms with Crippen molar-refractivity contribution in [2.75, 3.05) is 0 Å². The quantitative estimate of drug-likeness (QED) is 0.370. The first kappa shape index (κ1) is 24.7. The molecule has 182 valence electrons. The van der Waals surface area contributed by atoms with Crippen LogP contribution in [-0.2, 0) is 20.9 Å². The number of amides is 1. The van der Waals surface area contributed by atoms with Gasteiger partial charge in [0.05, 0.1) is 24.5 Å². The molecule has 0 aliphatic heterocycles. The number of hydrogen-bond acceptors (Lipinski definition) is 3. The number of carboxylic acid groups (broad SMARTS) is 1. The summed E-state index contributed by atoms with van der Waals surface area (Å²) in [5.74, 6) is -1.63. The van der Waals surface area contributed by atoms with Crippen molar-refractivity contribution in [2.45, 2.75) is 50.9 Å². The highest BCUT2D eigenvalue weighted by atomic mass is 16.5. The fourth-order valence-corrected chi connectivity index (χ4v) is 4.73. The molecule has 0 aromatic heterocycles. The van der Waals surface area contributed by atoms with E-state index in [0.29, 0.717) is 19.4 Å². The first-order valence-electron chi connectivity index (χ1n) is 12.4. The molecule has 3 aromatic rings. The van der Waals surface area contributed by atoms with Crippen molar-refractivity contribution in [1.29, 1.82) is 0 Å². The number of carbonyl (C=O) groups excluding carboxylic acids is 1. The van der Waals surface area contributed by atoms with E-state index in [0.717, 1.165) is 23.1 Å². The Morgan fingerprint density at radius 2 is 1.46 bits per heavy atom. The van der Waals surface area contributed by atoms with Crippen molar-refractivity contribution in [3.8, 4) is 0 Å². The summed E-state index contributed by atoms with van der Waals surface area (Å²) >= 11 is 0. The summed E-state index contributed by atoms with van der Waals surface area (Å²) in [6.07, 6.45) is 1.71. The summed E-state index contributed by atoms with van der Waals surface area (Å²) in [6, 6.07) is 29.4. The lowest BCUT2D eigenvalue weighted by atomic mass is 9.90. The molecule has 0 heterocycles. The van der Waals surface area contributed by atoms with Gasteiger partial charge in [0.25, 0.3) is 0 Å². The number of ether oxygens (including phenoxy) is 1. The van der Waals surface area contributed by atoms with E-state index >= 15 is 0 Å². The van der Waals surface area contributed by atoms with E-state index in [1.165, 1.54) is 0 Å². The van der Waals surface area contributed by atoms with Gasteiger partial charge < -0.3 is 15.2 Å². The van der Waals surface area contributed by atoms with Gasteiger partial charge >= 0.3 is 5.97 Å². The van der Waals surface area contributed by atoms with Crippen LogP contribution in [0.1, 0.15) is 48.8 Å². The summed E-state index contributed by atoms with van der Waals surface area (Å²) in [5, 5.41) is 12.7. The van der Waals surface area contributed by atoms with Gasteiger partial charge in [0.2, 0.25) is 5.91 Å². The summed E-state index contributed by atoms with van der Waals surface area (Å²) in [6.45, 7) is 2.47. The van der Waals surface area contributed by atoms with Crippen LogP contribution in [0.2, 0.25) is 0 Å². The molecule has 1 amide bonds. The Labute approximate surface area is 207 Å². The molecule has 3 aromatic carbocycles. The van der Waals surface area contributed by atoms with Crippen LogP contribution >= 0.6 is 0 Å². The van der Waals surface area contributed by atoms with E-state index in [1.54, 1.807) is 0 Å². The molecule has 2 N–H and O–H groups in total. The third-order valence-electron chi connectivity index (χ3n) is 6.83. The molecule has 0 radical (unpaired) electrons. The Morgan fingerprint density at radius 1 is 0.914 bits per heavy atom. The van der Waals surface area contributed by atoms with Crippen LogP contribution in [0.25, 0.3) is 0 Å². The third-order valence-corrected chi connectivity index (χ3v) is 6.83. The van der Waals surface area contributed by atoms with Crippen LogP contribution in [0.4, 0.5) is 0 Å². The first-order valence-corrected chi connectivity index (χ1v) is 12.4. The van der Waals surface area contributed by atoms with Crippen LogP contribution in [-0.4, -0.2) is 29.1 Å². The van der Waals surface area contributed by atoms with Crippen molar-refractivity contribution in [2.24, 2.45) is 11.8 Å². The summed E-state index contributed by atoms with van der Waals surface area (Å²) in [7, 11) is 0. The molecule has 1 fully saturated rings. The smallest absolute Gasteiger partial charge is 0.306 e. The van der Waals surface area contributed by atoms with Gasteiger partial charge in [-0.1, -0.05) is 97.9 Å². The van der Waals surface area contributed by atoms with Crippen LogP contribution in [0.5, 0.6) is 0 Å². The lowest BCUT2D eigenvalue weighted by Crippen LogP contribution is -2.41. The molecule has 5 nitrogen and oxygen atoms in total. The normalized spacial score (nSPS) is 18.6. The number of nitrogens with one attached hydrogen (secondary N) is 1. The van der Waals surface area contributed by atoms with E-state index in [-0.39, 0.29) is 29.9 Å². The number of hydrogen-bond donors (Lipinski definition) is 2. The minimum absolute atomic E-state index is 0.0267. The Bertz CT molecular complexity index is 1050. The van der Waals surface area contributed by atoms with Crippen molar-refractivity contribution in [3.63, 3.8) is 0 Å². The van der Waals surface area contributed by atoms with Gasteiger partial charge in [0, 0.05) is 6.04 Å². The molecule has 4 rings (SSSR count). The maximum atomic E-state index is 13.6. The van der Waals surface area contributed by atoms with Crippen molar-refractivity contribution >= 4 is 11.9 Å². The maximum Gasteiger partial charge on any atom is 0.306 e. The van der Waals surface area contributed by atoms with Gasteiger partial charge in [-0.15, -0.1) is 0 Å². The van der Waals surface area contributed by atoms with E-state index in [2.05, 4.69) is 5.32 Å². The van der Waals surface area contributed by atoms with Crippen molar-refractivity contribution in [1.82, 2.24) is 5.32 Å². The fourth-order valence-electron chi connectivity index (χ4n) is 4.73. The van der Waals surface area contributed by atoms with Crippen LogP contribution in [0, 0.1) is 11.8 Å². The maximum absolute atomic E-state index is 13.6. The number of carbonyl (C=O) groups is 2. The Morgan fingerprint density at radius 3 is 1.94 bits per heavy atom. The molecular weight excluding hydrogens is 438 g/mol. The molecular formula is C30H33NO4. The molecule has 1 unspecified atom stereocenters. The second-order valence-corrected chi connectivity index (χ2v) is 9.28. The van der Waals surface area contributed by atoms with E-state index in [1.807, 2.05) is 97.9 Å². The molecule has 0 spiro atoms. The molecule has 0 bridgehead atoms. The zero-order valence-corrected chi connectivity index (χ0v) is 20.0. The zero-order valence-electron chi connectivity index (χ0n) is 20.0. The average molecular weight is 472 g/mol. The summed E-state index contributed by atoms with van der Waals surface area (Å²) in [4.78, 5) is 25.1. The monoisotopic (exact) mass is 471 g/mol. The lowest BCUT2D eigenvalue weighted by Gasteiger charge is -2.27. The second-order valence-electron chi connectivity index (χ2n) is 9.28. The van der Waals surface area contributed by atoms with Crippen LogP contribution in [0.3, 0.4) is 0 Å². The van der Waals surface area contributed by atoms with Crippen LogP contribution < -0.4 is 5.32 Å². The highest BCUT2D eigenvalue weighted by Crippen LogP contribution is 2.44. The van der Waals surface area contributed by atoms with Gasteiger partial charge in [0.15, 0.2) is 0 Å². The molecule has 4 atom stereocenters. The van der Waals surface area contributed by atoms with Gasteiger partial charge in [-0.05, 0) is 41.9 Å². The van der Waals surface area contributed by atoms with E-state index in [9.17, 15) is 14.7 Å². The van der Waals surface area contributed by atoms with Crippen molar-refractivity contribution in [3.05, 3.63) is 108 Å². The Hall–Kier alpha value is -3.44. The predicted molar refractivity (Wildman–Crippen MR) is 136 cm³/mol. The van der Waals surface area contributed by atoms with Gasteiger partial charge in [-0.3, -0.25) is 9.59 Å². The van der Waals surface area contributed by atoms with Crippen LogP contribution in [0.15, 0.2) is 91.0 Å². The molecule has 5 heteroatoms. The minimum Gasteiger partial charge on any atom is -0.481 e. The number of benzene rings is 3. The molecule has 0 saturated heterocycles. The Kier molecular flexibility index (Phi) is 8.32. The predicted octanol–water partition coefficient (Wildman–Crippen LogP) is 5.41. The van der Waals surface area contributed by atoms with Gasteiger partial charge in [0.1, 0.15) is 0 Å². The number of carboxylic acids is 1. The summed E-state index contributed by atoms with van der Waals surface area (Å²) < 4.78 is 6.26.